The molecule has 1 aromatic carbocycles. The van der Waals surface area contributed by atoms with Crippen LogP contribution in [-0.2, 0) is 35.1 Å². The molecule has 0 bridgehead atoms. The molecule has 0 unspecified atom stereocenters. The summed E-state index contributed by atoms with van der Waals surface area (Å²) < 4.78 is 23.1. The Morgan fingerprint density at radius 3 is 2.33 bits per heavy atom. The van der Waals surface area contributed by atoms with Crippen LogP contribution in [-0.4, -0.2) is 106 Å². The van der Waals surface area contributed by atoms with E-state index in [0.29, 0.717) is 71.4 Å². The fourth-order valence-corrected chi connectivity index (χ4v) is 5.29. The molecule has 1 atom stereocenters. The van der Waals surface area contributed by atoms with Crippen LogP contribution >= 0.6 is 0 Å². The lowest BCUT2D eigenvalue weighted by molar-refractivity contribution is -0.137. The van der Waals surface area contributed by atoms with E-state index in [9.17, 15) is 19.5 Å². The fraction of sp³-hybridized carbons (Fsp3) is 0.500. The second-order valence-corrected chi connectivity index (χ2v) is 10.6. The summed E-state index contributed by atoms with van der Waals surface area (Å²) in [5.41, 5.74) is 6.34. The van der Waals surface area contributed by atoms with E-state index >= 15 is 0 Å². The number of nitrogens with two attached hydrogens (primary N) is 1. The largest absolute Gasteiger partial charge is 0.480 e. The van der Waals surface area contributed by atoms with Crippen molar-refractivity contribution < 1.29 is 33.6 Å². The summed E-state index contributed by atoms with van der Waals surface area (Å²) in [6, 6.07) is 10.9. The molecular formula is C32H43N5O8. The molecule has 13 nitrogen and oxygen atoms in total. The van der Waals surface area contributed by atoms with Crippen LogP contribution in [0.5, 0.6) is 0 Å². The Bertz CT molecular complexity index is 1430. The minimum atomic E-state index is -1.15. The van der Waals surface area contributed by atoms with E-state index in [1.165, 1.54) is 12.3 Å². The van der Waals surface area contributed by atoms with Crippen molar-refractivity contribution in [3.8, 4) is 0 Å². The van der Waals surface area contributed by atoms with Gasteiger partial charge in [0.25, 0.3) is 5.56 Å². The first-order valence-electron chi connectivity index (χ1n) is 15.3. The van der Waals surface area contributed by atoms with Gasteiger partial charge in [-0.15, -0.1) is 0 Å². The Labute approximate surface area is 262 Å². The third kappa shape index (κ3) is 10.3. The summed E-state index contributed by atoms with van der Waals surface area (Å²) in [5, 5.41) is 11.4. The van der Waals surface area contributed by atoms with Crippen LogP contribution in [0.3, 0.4) is 0 Å². The first-order valence-corrected chi connectivity index (χ1v) is 15.3. The van der Waals surface area contributed by atoms with Crippen LogP contribution in [0, 0.1) is 5.92 Å². The summed E-state index contributed by atoms with van der Waals surface area (Å²) in [6.45, 7) is 4.76. The first kappa shape index (κ1) is 34.0. The molecule has 0 aliphatic carbocycles. The second-order valence-electron chi connectivity index (χ2n) is 10.6. The van der Waals surface area contributed by atoms with Gasteiger partial charge in [0.1, 0.15) is 6.54 Å². The highest BCUT2D eigenvalue weighted by Gasteiger charge is 2.31. The molecule has 4 rings (SSSR count). The third-order valence-corrected chi connectivity index (χ3v) is 7.45. The number of amides is 1. The number of hydrogen-bond donors (Lipinski definition) is 2. The number of carbonyl (C=O) groups excluding carboxylic acids is 1. The summed E-state index contributed by atoms with van der Waals surface area (Å²) >= 11 is 0. The van der Waals surface area contributed by atoms with Gasteiger partial charge in [0.2, 0.25) is 5.91 Å². The van der Waals surface area contributed by atoms with E-state index < -0.39 is 18.1 Å². The Morgan fingerprint density at radius 2 is 1.62 bits per heavy atom. The maximum atomic E-state index is 14.1. The van der Waals surface area contributed by atoms with Crippen molar-refractivity contribution in [2.24, 2.45) is 11.7 Å². The summed E-state index contributed by atoms with van der Waals surface area (Å²) in [5.74, 6) is -1.57. The number of anilines is 2. The van der Waals surface area contributed by atoms with Crippen molar-refractivity contribution in [1.82, 2.24) is 9.55 Å². The van der Waals surface area contributed by atoms with Crippen LogP contribution in [0.4, 0.5) is 11.4 Å². The van der Waals surface area contributed by atoms with Crippen LogP contribution in [0.2, 0.25) is 0 Å². The Kier molecular flexibility index (Phi) is 13.7. The molecule has 3 N–H and O–H groups in total. The van der Waals surface area contributed by atoms with Crippen LogP contribution in [0.25, 0.3) is 10.8 Å². The van der Waals surface area contributed by atoms with Crippen LogP contribution in [0.15, 0.2) is 59.8 Å². The highest BCUT2D eigenvalue weighted by molar-refractivity contribution is 5.96. The Hall–Kier alpha value is -3.88. The molecule has 244 valence electrons. The maximum Gasteiger partial charge on any atom is 0.323 e. The van der Waals surface area contributed by atoms with E-state index in [1.807, 2.05) is 30.6 Å². The van der Waals surface area contributed by atoms with Gasteiger partial charge in [-0.1, -0.05) is 24.3 Å². The van der Waals surface area contributed by atoms with Crippen molar-refractivity contribution in [2.75, 3.05) is 88.8 Å². The van der Waals surface area contributed by atoms with E-state index in [-0.39, 0.29) is 25.0 Å². The summed E-state index contributed by atoms with van der Waals surface area (Å²) in [6.07, 6.45) is 6.63. The number of rotatable bonds is 19. The molecule has 45 heavy (non-hydrogen) atoms. The smallest absolute Gasteiger partial charge is 0.323 e. The molecule has 3 aromatic rings. The molecule has 1 amide bonds. The number of hydrogen-bond acceptors (Lipinski definition) is 10. The Balaban J connectivity index is 1.36. The first-order chi connectivity index (χ1) is 22.0. The number of carboxylic acid groups (broad SMARTS) is 1. The van der Waals surface area contributed by atoms with Gasteiger partial charge in [-0.2, -0.15) is 0 Å². The molecular weight excluding hydrogens is 582 g/mol. The van der Waals surface area contributed by atoms with Crippen LogP contribution < -0.4 is 21.1 Å². The van der Waals surface area contributed by atoms with Crippen molar-refractivity contribution in [1.29, 1.82) is 0 Å². The van der Waals surface area contributed by atoms with Gasteiger partial charge in [-0.05, 0) is 18.9 Å². The van der Waals surface area contributed by atoms with Crippen molar-refractivity contribution in [3.63, 3.8) is 0 Å². The van der Waals surface area contributed by atoms with Crippen molar-refractivity contribution in [3.05, 3.63) is 65.3 Å². The van der Waals surface area contributed by atoms with Crippen LogP contribution in [0.1, 0.15) is 12.8 Å². The molecule has 13 heteroatoms. The summed E-state index contributed by atoms with van der Waals surface area (Å²) in [4.78, 5) is 46.0. The molecule has 1 fully saturated rings. The number of carboxylic acids is 1. The van der Waals surface area contributed by atoms with Gasteiger partial charge in [0, 0.05) is 55.4 Å². The monoisotopic (exact) mass is 625 g/mol. The number of piperidine rings is 1. The molecule has 3 heterocycles. The quantitative estimate of drug-likeness (QED) is 0.187. The molecule has 1 aliphatic heterocycles. The minimum absolute atomic E-state index is 0.110. The lowest BCUT2D eigenvalue weighted by atomic mass is 9.95. The molecule has 0 saturated carbocycles. The fourth-order valence-electron chi connectivity index (χ4n) is 5.29. The number of aliphatic carboxylic acids is 1. The van der Waals surface area contributed by atoms with Gasteiger partial charge in [0.05, 0.1) is 76.3 Å². The van der Waals surface area contributed by atoms with E-state index in [0.717, 1.165) is 34.0 Å². The topological polar surface area (TPSA) is 159 Å². The van der Waals surface area contributed by atoms with E-state index in [2.05, 4.69) is 16.0 Å². The normalized spacial score (nSPS) is 15.0. The average molecular weight is 626 g/mol. The van der Waals surface area contributed by atoms with Gasteiger partial charge >= 0.3 is 5.97 Å². The number of carbonyl (C=O) groups is 2. The minimum Gasteiger partial charge on any atom is -0.480 e. The number of benzene rings is 1. The van der Waals surface area contributed by atoms with Crippen molar-refractivity contribution >= 4 is 34.0 Å². The van der Waals surface area contributed by atoms with Crippen molar-refractivity contribution in [2.45, 2.75) is 19.4 Å². The van der Waals surface area contributed by atoms with E-state index in [1.54, 1.807) is 11.0 Å². The van der Waals surface area contributed by atoms with Gasteiger partial charge in [-0.25, -0.2) is 0 Å². The van der Waals surface area contributed by atoms with Gasteiger partial charge < -0.3 is 44.2 Å². The number of aromatic nitrogens is 2. The van der Waals surface area contributed by atoms with Gasteiger partial charge in [-0.3, -0.25) is 19.4 Å². The number of nitrogens with zero attached hydrogens (tertiary/aromatic N) is 4. The molecule has 0 radical (unpaired) electrons. The highest BCUT2D eigenvalue weighted by atomic mass is 16.6. The zero-order chi connectivity index (χ0) is 31.9. The van der Waals surface area contributed by atoms with Gasteiger partial charge in [0.15, 0.2) is 0 Å². The predicted octanol–water partition coefficient (Wildman–Crippen LogP) is 1.76. The third-order valence-electron chi connectivity index (χ3n) is 7.45. The highest BCUT2D eigenvalue weighted by Crippen LogP contribution is 2.30. The zero-order valence-corrected chi connectivity index (χ0v) is 25.6. The average Bonchev–Trinajstić information content (AvgIpc) is 3.05. The second kappa shape index (κ2) is 18.2. The lowest BCUT2D eigenvalue weighted by Crippen LogP contribution is -2.46. The SMILES string of the molecule is NCCOCCOCCOCCOCCN(C(=O)[C@H]1CCCN(c2cncc3ccccc23)C1)c1ccc(=O)n(CC(=O)O)c1. The molecule has 1 saturated heterocycles. The number of pyridine rings is 2. The standard InChI is InChI=1S/C32H43N5O8/c33-9-12-42-14-16-44-18-19-45-17-15-43-13-11-37(27-7-8-30(38)36(23-27)24-31(39)40)32(41)26-5-3-10-35(22-26)29-21-34-20-25-4-1-2-6-28(25)29/h1-2,4,6-8,20-21,23,26H,3,5,9-19,22,24,33H2,(H,39,40)/t26-/m0/s1. The Morgan fingerprint density at radius 1 is 0.933 bits per heavy atom. The molecule has 1 aliphatic rings. The van der Waals surface area contributed by atoms with E-state index in [4.69, 9.17) is 24.7 Å². The summed E-state index contributed by atoms with van der Waals surface area (Å²) in [7, 11) is 0. The zero-order valence-electron chi connectivity index (χ0n) is 25.6. The number of fused-ring (bicyclic) bond motifs is 1. The molecule has 2 aromatic heterocycles. The predicted molar refractivity (Wildman–Crippen MR) is 170 cm³/mol. The lowest BCUT2D eigenvalue weighted by Gasteiger charge is -2.36. The molecule has 0 spiro atoms. The maximum absolute atomic E-state index is 14.1. The number of ether oxygens (including phenoxy) is 4.